The lowest BCUT2D eigenvalue weighted by molar-refractivity contribution is -0.118. The van der Waals surface area contributed by atoms with Crippen molar-refractivity contribution in [1.29, 1.82) is 0 Å². The summed E-state index contributed by atoms with van der Waals surface area (Å²) in [5, 5.41) is 7.83. The fraction of sp³-hybridized carbons (Fsp3) is 0.226. The molecule has 1 aliphatic rings. The van der Waals surface area contributed by atoms with Gasteiger partial charge in [0.25, 0.3) is 11.5 Å². The van der Waals surface area contributed by atoms with E-state index in [1.165, 1.54) is 16.6 Å². The molecule has 8 heteroatoms. The molecule has 2 heterocycles. The van der Waals surface area contributed by atoms with Gasteiger partial charge >= 0.3 is 0 Å². The number of amides is 1. The fourth-order valence-corrected chi connectivity index (χ4v) is 7.22. The predicted octanol–water partition coefficient (Wildman–Crippen LogP) is 6.42. The first-order valence-corrected chi connectivity index (χ1v) is 14.9. The van der Waals surface area contributed by atoms with Crippen molar-refractivity contribution in [2.45, 2.75) is 44.7 Å². The van der Waals surface area contributed by atoms with Crippen LogP contribution in [-0.4, -0.2) is 26.9 Å². The summed E-state index contributed by atoms with van der Waals surface area (Å²) in [6.45, 7) is 3.91. The van der Waals surface area contributed by atoms with Crippen LogP contribution in [0.2, 0.25) is 0 Å². The van der Waals surface area contributed by atoms with Crippen LogP contribution in [0.4, 0.5) is 0 Å². The molecule has 6 rings (SSSR count). The second kappa shape index (κ2) is 10.8. The van der Waals surface area contributed by atoms with Gasteiger partial charge < -0.3 is 0 Å². The van der Waals surface area contributed by atoms with Crippen LogP contribution in [0, 0.1) is 6.92 Å². The number of nitrogens with one attached hydrogen (secondary N) is 1. The van der Waals surface area contributed by atoms with E-state index in [0.29, 0.717) is 5.16 Å². The summed E-state index contributed by atoms with van der Waals surface area (Å²) in [5.41, 5.74) is 7.36. The first kappa shape index (κ1) is 25.5. The van der Waals surface area contributed by atoms with Crippen molar-refractivity contribution in [3.05, 3.63) is 98.7 Å². The Morgan fingerprint density at radius 1 is 1.05 bits per heavy atom. The van der Waals surface area contributed by atoms with Gasteiger partial charge in [0.2, 0.25) is 0 Å². The summed E-state index contributed by atoms with van der Waals surface area (Å²) >= 11 is 2.88. The Hall–Kier alpha value is -3.75. The summed E-state index contributed by atoms with van der Waals surface area (Å²) in [4.78, 5) is 33.7. The van der Waals surface area contributed by atoms with Crippen molar-refractivity contribution in [3.63, 3.8) is 0 Å². The third-order valence-corrected chi connectivity index (χ3v) is 9.23. The number of thiophene rings is 1. The number of fused-ring (bicyclic) bond motifs is 4. The quantitative estimate of drug-likeness (QED) is 0.114. The first-order chi connectivity index (χ1) is 19.0. The van der Waals surface area contributed by atoms with Crippen molar-refractivity contribution in [2.75, 3.05) is 5.75 Å². The molecule has 0 fully saturated rings. The average molecular weight is 553 g/mol. The number of rotatable bonds is 6. The second-order valence-corrected chi connectivity index (χ2v) is 11.8. The molecule has 3 aromatic carbocycles. The lowest BCUT2D eigenvalue weighted by Gasteiger charge is -2.13. The van der Waals surface area contributed by atoms with E-state index in [1.807, 2.05) is 62.4 Å². The number of carbonyl (C=O) groups excluding carboxylic acids is 1. The van der Waals surface area contributed by atoms with Crippen LogP contribution in [0.3, 0.4) is 0 Å². The maximum atomic E-state index is 13.9. The maximum absolute atomic E-state index is 13.9. The summed E-state index contributed by atoms with van der Waals surface area (Å²) in [7, 11) is 0. The molecule has 0 saturated heterocycles. The van der Waals surface area contributed by atoms with Gasteiger partial charge in [0, 0.05) is 10.4 Å². The summed E-state index contributed by atoms with van der Waals surface area (Å²) in [6.07, 6.45) is 4.16. The van der Waals surface area contributed by atoms with E-state index >= 15 is 0 Å². The van der Waals surface area contributed by atoms with Gasteiger partial charge in [-0.1, -0.05) is 71.9 Å². The number of carbonyl (C=O) groups is 1. The lowest BCUT2D eigenvalue weighted by Crippen LogP contribution is -2.24. The van der Waals surface area contributed by atoms with Crippen LogP contribution in [0.15, 0.2) is 81.8 Å². The van der Waals surface area contributed by atoms with Crippen LogP contribution in [0.1, 0.15) is 41.3 Å². The highest BCUT2D eigenvalue weighted by Crippen LogP contribution is 2.35. The number of aryl methyl sites for hydroxylation is 3. The molecule has 5 aromatic rings. The Balaban J connectivity index is 1.29. The van der Waals surface area contributed by atoms with Crippen LogP contribution >= 0.6 is 23.1 Å². The van der Waals surface area contributed by atoms with Crippen LogP contribution in [-0.2, 0) is 17.6 Å². The van der Waals surface area contributed by atoms with Gasteiger partial charge in [0.15, 0.2) is 5.16 Å². The Morgan fingerprint density at radius 2 is 1.82 bits per heavy atom. The highest BCUT2D eigenvalue weighted by molar-refractivity contribution is 7.99. The number of thioether (sulfide) groups is 1. The highest BCUT2D eigenvalue weighted by atomic mass is 32.2. The number of nitrogens with zero attached hydrogens (tertiary/aromatic N) is 3. The minimum absolute atomic E-state index is 0.0593. The number of hydrazone groups is 1. The smallest absolute Gasteiger partial charge is 0.267 e. The van der Waals surface area contributed by atoms with Crippen molar-refractivity contribution < 1.29 is 4.79 Å². The molecule has 2 aromatic heterocycles. The van der Waals surface area contributed by atoms with Crippen LogP contribution in [0.5, 0.6) is 0 Å². The number of hydrogen-bond donors (Lipinski definition) is 1. The summed E-state index contributed by atoms with van der Waals surface area (Å²) in [6, 6.07) is 22.0. The summed E-state index contributed by atoms with van der Waals surface area (Å²) < 4.78 is 1.66. The molecule has 0 saturated carbocycles. The van der Waals surface area contributed by atoms with Crippen LogP contribution < -0.4 is 11.0 Å². The van der Waals surface area contributed by atoms with Crippen LogP contribution in [0.25, 0.3) is 26.7 Å². The van der Waals surface area contributed by atoms with E-state index < -0.39 is 0 Å². The Morgan fingerprint density at radius 3 is 2.67 bits per heavy atom. The molecule has 0 unspecified atom stereocenters. The fourth-order valence-electron chi connectivity index (χ4n) is 5.11. The van der Waals surface area contributed by atoms with Gasteiger partial charge in [-0.05, 0) is 68.0 Å². The SMILES string of the molecule is CC(=NNC(=O)CSc1nc2sc3c(c2c(=O)n1-c1ccc(C)cc1)CCCC3)c1cccc2ccccc12. The largest absolute Gasteiger partial charge is 0.272 e. The first-order valence-electron chi connectivity index (χ1n) is 13.1. The minimum atomic E-state index is -0.255. The molecule has 6 nitrogen and oxygen atoms in total. The molecule has 0 radical (unpaired) electrons. The third-order valence-electron chi connectivity index (χ3n) is 7.11. The Kier molecular flexibility index (Phi) is 7.06. The molecule has 0 atom stereocenters. The molecular weight excluding hydrogens is 525 g/mol. The zero-order valence-corrected chi connectivity index (χ0v) is 23.5. The zero-order chi connectivity index (χ0) is 26.9. The topological polar surface area (TPSA) is 76.3 Å². The third kappa shape index (κ3) is 5.02. The number of hydrogen-bond acceptors (Lipinski definition) is 6. The van der Waals surface area contributed by atoms with E-state index in [4.69, 9.17) is 4.98 Å². The van der Waals surface area contributed by atoms with Gasteiger partial charge in [-0.25, -0.2) is 10.4 Å². The molecule has 1 N–H and O–H groups in total. The number of aromatic nitrogens is 2. The predicted molar refractivity (Wildman–Crippen MR) is 162 cm³/mol. The monoisotopic (exact) mass is 552 g/mol. The van der Waals surface area contributed by atoms with Crippen molar-refractivity contribution >= 4 is 55.7 Å². The van der Waals surface area contributed by atoms with Crippen molar-refractivity contribution in [2.24, 2.45) is 5.10 Å². The second-order valence-electron chi connectivity index (χ2n) is 9.81. The molecule has 1 aliphatic carbocycles. The van der Waals surface area contributed by atoms with E-state index in [0.717, 1.165) is 74.8 Å². The van der Waals surface area contributed by atoms with Gasteiger partial charge in [-0.15, -0.1) is 11.3 Å². The van der Waals surface area contributed by atoms with E-state index in [2.05, 4.69) is 28.7 Å². The standard InChI is InChI=1S/C31H28N4O2S2/c1-19-14-16-22(17-15-19)35-30(37)28-25-11-5-6-13-26(25)39-29(28)32-31(35)38-18-27(36)34-33-20(2)23-12-7-9-21-8-3-4-10-24(21)23/h3-4,7-10,12,14-17H,5-6,11,13,18H2,1-2H3,(H,34,36). The lowest BCUT2D eigenvalue weighted by atomic mass is 9.97. The van der Waals surface area contributed by atoms with E-state index in [9.17, 15) is 9.59 Å². The number of benzene rings is 3. The van der Waals surface area contributed by atoms with E-state index in [-0.39, 0.29) is 17.2 Å². The molecule has 39 heavy (non-hydrogen) atoms. The van der Waals surface area contributed by atoms with Gasteiger partial charge in [0.1, 0.15) is 4.83 Å². The Bertz CT molecular complexity index is 1800. The maximum Gasteiger partial charge on any atom is 0.267 e. The minimum Gasteiger partial charge on any atom is -0.272 e. The van der Waals surface area contributed by atoms with Gasteiger partial charge in [-0.3, -0.25) is 14.2 Å². The molecule has 0 bridgehead atoms. The highest BCUT2D eigenvalue weighted by Gasteiger charge is 2.23. The van der Waals surface area contributed by atoms with Crippen molar-refractivity contribution in [3.8, 4) is 5.69 Å². The molecule has 0 spiro atoms. The average Bonchev–Trinajstić information content (AvgIpc) is 3.34. The van der Waals surface area contributed by atoms with Crippen molar-refractivity contribution in [1.82, 2.24) is 15.0 Å². The molecule has 196 valence electrons. The zero-order valence-electron chi connectivity index (χ0n) is 21.9. The van der Waals surface area contributed by atoms with Gasteiger partial charge in [-0.2, -0.15) is 5.10 Å². The molecule has 0 aliphatic heterocycles. The summed E-state index contributed by atoms with van der Waals surface area (Å²) in [5.74, 6) is -0.170. The van der Waals surface area contributed by atoms with E-state index in [1.54, 1.807) is 15.9 Å². The molecule has 1 amide bonds. The van der Waals surface area contributed by atoms with Gasteiger partial charge in [0.05, 0.1) is 22.5 Å². The molecular formula is C31H28N4O2S2. The normalized spacial score (nSPS) is 13.5. The Labute approximate surface area is 234 Å².